The molecule has 3 nitrogen and oxygen atoms in total. The van der Waals surface area contributed by atoms with Crippen molar-refractivity contribution in [3.05, 3.63) is 57.6 Å². The number of hydrogen-bond acceptors (Lipinski definition) is 3. The minimum absolute atomic E-state index is 0.0316. The van der Waals surface area contributed by atoms with Gasteiger partial charge < -0.3 is 9.47 Å². The Morgan fingerprint density at radius 3 is 2.74 bits per heavy atom. The molecule has 5 heteroatoms. The van der Waals surface area contributed by atoms with Crippen molar-refractivity contribution in [1.29, 1.82) is 0 Å². The van der Waals surface area contributed by atoms with E-state index in [1.54, 1.807) is 12.1 Å². The predicted octanol–water partition coefficient (Wildman–Crippen LogP) is 5.49. The summed E-state index contributed by atoms with van der Waals surface area (Å²) in [5.74, 6) is 1.12. The first kappa shape index (κ1) is 16.2. The third-order valence-electron chi connectivity index (χ3n) is 3.54. The first-order chi connectivity index (χ1) is 10.9. The van der Waals surface area contributed by atoms with Crippen LogP contribution in [0.1, 0.15) is 42.3 Å². The first-order valence-electron chi connectivity index (χ1n) is 7.39. The van der Waals surface area contributed by atoms with Crippen molar-refractivity contribution >= 4 is 29.0 Å². The fourth-order valence-electron chi connectivity index (χ4n) is 2.60. The molecule has 3 rings (SSSR count). The largest absolute Gasteiger partial charge is 0.491 e. The van der Waals surface area contributed by atoms with Crippen molar-refractivity contribution in [3.8, 4) is 11.5 Å². The number of Topliss-reactive ketones (excluding diaryl/α,β-unsaturated/α-hetero) is 1. The third kappa shape index (κ3) is 3.46. The molecule has 0 amide bonds. The minimum atomic E-state index is -0.385. The molecule has 2 aromatic rings. The van der Waals surface area contributed by atoms with Crippen LogP contribution in [0.25, 0.3) is 0 Å². The average molecular weight is 351 g/mol. The van der Waals surface area contributed by atoms with Gasteiger partial charge in [0.25, 0.3) is 0 Å². The summed E-state index contributed by atoms with van der Waals surface area (Å²) in [5, 5.41) is 0.775. The molecule has 1 heterocycles. The van der Waals surface area contributed by atoms with Gasteiger partial charge in [0.1, 0.15) is 17.6 Å². The average Bonchev–Trinajstić information content (AvgIpc) is 2.47. The molecule has 0 saturated carbocycles. The molecule has 0 bridgehead atoms. The second-order valence-electron chi connectivity index (χ2n) is 5.74. The number of fused-ring (bicyclic) bond motifs is 1. The second-order valence-corrected chi connectivity index (χ2v) is 6.58. The zero-order chi connectivity index (χ0) is 16.6. The Morgan fingerprint density at radius 2 is 2.00 bits per heavy atom. The van der Waals surface area contributed by atoms with Gasteiger partial charge in [0.15, 0.2) is 5.78 Å². The van der Waals surface area contributed by atoms with E-state index in [0.717, 1.165) is 11.3 Å². The van der Waals surface area contributed by atoms with Gasteiger partial charge in [-0.1, -0.05) is 35.3 Å². The minimum Gasteiger partial charge on any atom is -0.491 e. The molecule has 0 aliphatic carbocycles. The van der Waals surface area contributed by atoms with E-state index in [4.69, 9.17) is 32.7 Å². The molecule has 0 fully saturated rings. The molecule has 23 heavy (non-hydrogen) atoms. The Balaban J connectivity index is 1.93. The maximum absolute atomic E-state index is 12.4. The van der Waals surface area contributed by atoms with E-state index in [1.807, 2.05) is 38.1 Å². The standard InChI is InChI=1S/C18H16Cl2O3/c1-10(2)22-13-5-3-4-11(6-13)17-9-16(21)14-7-12(19)8-15(20)18(14)23-17/h3-8,10,17H,9H2,1-2H3/t17-/m1/s1. The van der Waals surface area contributed by atoms with Gasteiger partial charge in [-0.2, -0.15) is 0 Å². The number of rotatable bonds is 3. The summed E-state index contributed by atoms with van der Waals surface area (Å²) >= 11 is 12.1. The van der Waals surface area contributed by atoms with Gasteiger partial charge in [0, 0.05) is 5.02 Å². The number of halogens is 2. The van der Waals surface area contributed by atoms with Crippen molar-refractivity contribution in [1.82, 2.24) is 0 Å². The van der Waals surface area contributed by atoms with Gasteiger partial charge in [-0.3, -0.25) is 4.79 Å². The lowest BCUT2D eigenvalue weighted by atomic mass is 9.96. The van der Waals surface area contributed by atoms with Gasteiger partial charge in [0.2, 0.25) is 0 Å². The van der Waals surface area contributed by atoms with Crippen molar-refractivity contribution in [2.75, 3.05) is 0 Å². The number of carbonyl (C=O) groups is 1. The lowest BCUT2D eigenvalue weighted by molar-refractivity contribution is 0.0849. The normalized spacial score (nSPS) is 16.9. The SMILES string of the molecule is CC(C)Oc1cccc([C@H]2CC(=O)c3cc(Cl)cc(Cl)c3O2)c1. The highest BCUT2D eigenvalue weighted by atomic mass is 35.5. The van der Waals surface area contributed by atoms with Gasteiger partial charge in [0.05, 0.1) is 23.1 Å². The summed E-state index contributed by atoms with van der Waals surface area (Å²) in [7, 11) is 0. The van der Waals surface area contributed by atoms with E-state index in [1.165, 1.54) is 0 Å². The van der Waals surface area contributed by atoms with Crippen molar-refractivity contribution < 1.29 is 14.3 Å². The van der Waals surface area contributed by atoms with Gasteiger partial charge in [-0.05, 0) is 43.7 Å². The summed E-state index contributed by atoms with van der Waals surface area (Å²) in [5.41, 5.74) is 1.32. The third-order valence-corrected chi connectivity index (χ3v) is 4.04. The van der Waals surface area contributed by atoms with Crippen LogP contribution in [0.4, 0.5) is 0 Å². The summed E-state index contributed by atoms with van der Waals surface area (Å²) in [4.78, 5) is 12.4. The molecular weight excluding hydrogens is 335 g/mol. The molecule has 2 aromatic carbocycles. The van der Waals surface area contributed by atoms with Crippen LogP contribution in [0.3, 0.4) is 0 Å². The van der Waals surface area contributed by atoms with Crippen LogP contribution in [-0.4, -0.2) is 11.9 Å². The number of ketones is 1. The topological polar surface area (TPSA) is 35.5 Å². The van der Waals surface area contributed by atoms with Crippen LogP contribution in [0, 0.1) is 0 Å². The van der Waals surface area contributed by atoms with Crippen LogP contribution in [0.5, 0.6) is 11.5 Å². The smallest absolute Gasteiger partial charge is 0.170 e. The molecule has 1 aliphatic heterocycles. The Bertz CT molecular complexity index is 756. The maximum Gasteiger partial charge on any atom is 0.170 e. The molecule has 0 radical (unpaired) electrons. The molecule has 1 aliphatic rings. The van der Waals surface area contributed by atoms with E-state index in [2.05, 4.69) is 0 Å². The maximum atomic E-state index is 12.4. The highest BCUT2D eigenvalue weighted by Gasteiger charge is 2.30. The molecule has 1 atom stereocenters. The second kappa shape index (κ2) is 6.42. The van der Waals surface area contributed by atoms with Gasteiger partial charge in [-0.15, -0.1) is 0 Å². The lowest BCUT2D eigenvalue weighted by Gasteiger charge is -2.26. The molecule has 0 unspecified atom stereocenters. The first-order valence-corrected chi connectivity index (χ1v) is 8.15. The number of ether oxygens (including phenoxy) is 2. The Kier molecular flexibility index (Phi) is 4.51. The quantitative estimate of drug-likeness (QED) is 0.734. The van der Waals surface area contributed by atoms with E-state index in [9.17, 15) is 4.79 Å². The van der Waals surface area contributed by atoms with Crippen molar-refractivity contribution in [3.63, 3.8) is 0 Å². The Labute approximate surface area is 145 Å². The zero-order valence-corrected chi connectivity index (χ0v) is 14.3. The fraction of sp³-hybridized carbons (Fsp3) is 0.278. The Hall–Kier alpha value is -1.71. The van der Waals surface area contributed by atoms with Gasteiger partial charge in [-0.25, -0.2) is 0 Å². The molecule has 0 N–H and O–H groups in total. The van der Waals surface area contributed by atoms with Crippen LogP contribution < -0.4 is 9.47 Å². The van der Waals surface area contributed by atoms with E-state index in [0.29, 0.717) is 21.4 Å². The molecule has 120 valence electrons. The van der Waals surface area contributed by atoms with Crippen molar-refractivity contribution in [2.45, 2.75) is 32.5 Å². The van der Waals surface area contributed by atoms with Crippen LogP contribution in [0.2, 0.25) is 10.0 Å². The van der Waals surface area contributed by atoms with Crippen LogP contribution >= 0.6 is 23.2 Å². The molecule has 0 aromatic heterocycles. The Morgan fingerprint density at radius 1 is 1.22 bits per heavy atom. The predicted molar refractivity (Wildman–Crippen MR) is 91.0 cm³/mol. The van der Waals surface area contributed by atoms with Gasteiger partial charge >= 0.3 is 0 Å². The summed E-state index contributed by atoms with van der Waals surface area (Å²) < 4.78 is 11.7. The highest BCUT2D eigenvalue weighted by Crippen LogP contribution is 2.41. The zero-order valence-electron chi connectivity index (χ0n) is 12.8. The molecular formula is C18H16Cl2O3. The summed E-state index contributed by atoms with van der Waals surface area (Å²) in [6.45, 7) is 3.93. The fourth-order valence-corrected chi connectivity index (χ4v) is 3.13. The lowest BCUT2D eigenvalue weighted by Crippen LogP contribution is -2.20. The van der Waals surface area contributed by atoms with E-state index < -0.39 is 0 Å². The van der Waals surface area contributed by atoms with Crippen LogP contribution in [-0.2, 0) is 0 Å². The van der Waals surface area contributed by atoms with E-state index >= 15 is 0 Å². The summed E-state index contributed by atoms with van der Waals surface area (Å²) in [6.07, 6.45) is -0.0599. The van der Waals surface area contributed by atoms with E-state index in [-0.39, 0.29) is 24.4 Å². The molecule has 0 spiro atoms. The highest BCUT2D eigenvalue weighted by molar-refractivity contribution is 6.36. The number of hydrogen-bond donors (Lipinski definition) is 0. The number of benzene rings is 2. The monoisotopic (exact) mass is 350 g/mol. The van der Waals surface area contributed by atoms with Crippen molar-refractivity contribution in [2.24, 2.45) is 0 Å². The summed E-state index contributed by atoms with van der Waals surface area (Å²) in [6, 6.07) is 10.8. The van der Waals surface area contributed by atoms with Crippen LogP contribution in [0.15, 0.2) is 36.4 Å². The molecule has 0 saturated heterocycles. The number of carbonyl (C=O) groups excluding carboxylic acids is 1.